The number of aromatic nitrogens is 2. The quantitative estimate of drug-likeness (QED) is 0.434. The van der Waals surface area contributed by atoms with Gasteiger partial charge in [-0.2, -0.15) is 0 Å². The molecule has 0 aliphatic heterocycles. The molecule has 8 heteroatoms. The van der Waals surface area contributed by atoms with E-state index in [2.05, 4.69) is 5.32 Å². The molecule has 0 radical (unpaired) electrons. The van der Waals surface area contributed by atoms with E-state index in [0.29, 0.717) is 34.4 Å². The number of aromatic hydroxyl groups is 1. The average Bonchev–Trinajstić information content (AvgIpc) is 3.05. The number of halogens is 2. The Morgan fingerprint density at radius 1 is 0.812 bits per heavy atom. The highest BCUT2D eigenvalue weighted by atomic mass is 35.5. The molecule has 0 saturated heterocycles. The molecule has 162 valence electrons. The Bertz CT molecular complexity index is 1300. The first-order chi connectivity index (χ1) is 15.5. The number of amides is 1. The summed E-state index contributed by atoms with van der Waals surface area (Å²) in [6.45, 7) is 0.314. The first kappa shape index (κ1) is 21.7. The molecule has 4 rings (SSSR count). The summed E-state index contributed by atoms with van der Waals surface area (Å²) < 4.78 is 2.50. The van der Waals surface area contributed by atoms with Crippen molar-refractivity contribution in [3.05, 3.63) is 110 Å². The number of carbonyl (C=O) groups is 1. The predicted molar refractivity (Wildman–Crippen MR) is 126 cm³/mol. The van der Waals surface area contributed by atoms with Crippen LogP contribution < -0.4 is 10.9 Å². The molecule has 1 aromatic heterocycles. The lowest BCUT2D eigenvalue weighted by atomic mass is 10.1. The third-order valence-electron chi connectivity index (χ3n) is 4.94. The summed E-state index contributed by atoms with van der Waals surface area (Å²) >= 11 is 12.0. The van der Waals surface area contributed by atoms with Crippen LogP contribution in [-0.2, 0) is 6.42 Å². The van der Waals surface area contributed by atoms with E-state index in [0.717, 1.165) is 5.56 Å². The summed E-state index contributed by atoms with van der Waals surface area (Å²) in [6.07, 6.45) is 0.594. The van der Waals surface area contributed by atoms with E-state index in [9.17, 15) is 14.7 Å². The molecule has 1 heterocycles. The van der Waals surface area contributed by atoms with Crippen LogP contribution in [0.3, 0.4) is 0 Å². The van der Waals surface area contributed by atoms with Crippen molar-refractivity contribution in [2.45, 2.75) is 6.42 Å². The Labute approximate surface area is 194 Å². The molecule has 0 saturated carbocycles. The third-order valence-corrected chi connectivity index (χ3v) is 5.45. The van der Waals surface area contributed by atoms with Crippen LogP contribution >= 0.6 is 23.2 Å². The monoisotopic (exact) mass is 467 g/mol. The predicted octanol–water partition coefficient (Wildman–Crippen LogP) is 4.61. The van der Waals surface area contributed by atoms with Crippen molar-refractivity contribution in [3.63, 3.8) is 0 Å². The van der Waals surface area contributed by atoms with Crippen LogP contribution in [0.2, 0.25) is 10.0 Å². The maximum absolute atomic E-state index is 13.3. The van der Waals surface area contributed by atoms with Crippen LogP contribution in [0.25, 0.3) is 11.4 Å². The summed E-state index contributed by atoms with van der Waals surface area (Å²) in [5.41, 5.74) is 0.949. The number of nitrogens with zero attached hydrogens (tertiary/aromatic N) is 2. The zero-order valence-electron chi connectivity index (χ0n) is 16.8. The summed E-state index contributed by atoms with van der Waals surface area (Å²) in [4.78, 5) is 26.1. The van der Waals surface area contributed by atoms with Crippen molar-refractivity contribution in [3.8, 4) is 17.3 Å². The maximum Gasteiger partial charge on any atom is 0.288 e. The van der Waals surface area contributed by atoms with Crippen LogP contribution in [0.4, 0.5) is 0 Å². The van der Waals surface area contributed by atoms with E-state index >= 15 is 0 Å². The highest BCUT2D eigenvalue weighted by molar-refractivity contribution is 6.30. The highest BCUT2D eigenvalue weighted by Gasteiger charge is 2.27. The molecule has 0 spiro atoms. The van der Waals surface area contributed by atoms with Gasteiger partial charge in [-0.05, 0) is 60.5 Å². The van der Waals surface area contributed by atoms with E-state index in [1.165, 1.54) is 9.36 Å². The van der Waals surface area contributed by atoms with Crippen molar-refractivity contribution in [2.24, 2.45) is 0 Å². The topological polar surface area (TPSA) is 76.3 Å². The molecule has 1 amide bonds. The largest absolute Gasteiger partial charge is 0.493 e. The summed E-state index contributed by atoms with van der Waals surface area (Å²) in [5, 5.41) is 14.7. The van der Waals surface area contributed by atoms with Gasteiger partial charge in [-0.1, -0.05) is 53.5 Å². The fourth-order valence-corrected chi connectivity index (χ4v) is 3.63. The number of nitrogens with one attached hydrogen (secondary N) is 1. The van der Waals surface area contributed by atoms with Gasteiger partial charge < -0.3 is 10.4 Å². The summed E-state index contributed by atoms with van der Waals surface area (Å²) in [7, 11) is 0. The Morgan fingerprint density at radius 3 is 1.91 bits per heavy atom. The van der Waals surface area contributed by atoms with Gasteiger partial charge in [0, 0.05) is 16.6 Å². The van der Waals surface area contributed by atoms with Crippen molar-refractivity contribution < 1.29 is 9.90 Å². The molecule has 0 aliphatic carbocycles. The SMILES string of the molecule is O=C(NCCc1ccccc1)c1c(O)n(-c2ccc(Cl)cc2)n(-c2ccc(Cl)cc2)c1=O. The minimum Gasteiger partial charge on any atom is -0.493 e. The smallest absolute Gasteiger partial charge is 0.288 e. The van der Waals surface area contributed by atoms with Gasteiger partial charge in [0.25, 0.3) is 11.5 Å². The van der Waals surface area contributed by atoms with Gasteiger partial charge in [0.15, 0.2) is 5.56 Å². The first-order valence-corrected chi connectivity index (χ1v) is 10.6. The number of benzene rings is 3. The van der Waals surface area contributed by atoms with Crippen molar-refractivity contribution >= 4 is 29.1 Å². The van der Waals surface area contributed by atoms with Gasteiger partial charge in [0.1, 0.15) is 0 Å². The third kappa shape index (κ3) is 4.42. The van der Waals surface area contributed by atoms with Gasteiger partial charge in [0.05, 0.1) is 11.4 Å². The van der Waals surface area contributed by atoms with Crippen LogP contribution in [0.15, 0.2) is 83.7 Å². The number of hydrogen-bond acceptors (Lipinski definition) is 3. The molecule has 0 bridgehead atoms. The van der Waals surface area contributed by atoms with E-state index < -0.39 is 17.3 Å². The fourth-order valence-electron chi connectivity index (χ4n) is 3.38. The zero-order valence-corrected chi connectivity index (χ0v) is 18.3. The van der Waals surface area contributed by atoms with E-state index in [1.54, 1.807) is 48.5 Å². The summed E-state index contributed by atoms with van der Waals surface area (Å²) in [6, 6.07) is 22.7. The van der Waals surface area contributed by atoms with Crippen LogP contribution in [0, 0.1) is 0 Å². The minimum absolute atomic E-state index is 0.314. The van der Waals surface area contributed by atoms with Crippen molar-refractivity contribution in [2.75, 3.05) is 6.54 Å². The number of hydrogen-bond donors (Lipinski definition) is 2. The van der Waals surface area contributed by atoms with Crippen molar-refractivity contribution in [1.82, 2.24) is 14.7 Å². The molecule has 2 N–H and O–H groups in total. The lowest BCUT2D eigenvalue weighted by Crippen LogP contribution is -2.31. The van der Waals surface area contributed by atoms with Crippen LogP contribution in [0.5, 0.6) is 5.88 Å². The Balaban J connectivity index is 1.73. The van der Waals surface area contributed by atoms with Gasteiger partial charge in [0.2, 0.25) is 5.88 Å². The van der Waals surface area contributed by atoms with E-state index in [4.69, 9.17) is 23.2 Å². The number of carbonyl (C=O) groups excluding carboxylic acids is 1. The highest BCUT2D eigenvalue weighted by Crippen LogP contribution is 2.25. The maximum atomic E-state index is 13.3. The summed E-state index contributed by atoms with van der Waals surface area (Å²) in [5.74, 6) is -1.12. The van der Waals surface area contributed by atoms with E-state index in [1.807, 2.05) is 30.3 Å². The number of rotatable bonds is 6. The molecular weight excluding hydrogens is 449 g/mol. The fraction of sp³-hybridized carbons (Fsp3) is 0.0833. The first-order valence-electron chi connectivity index (χ1n) is 9.86. The standard InChI is InChI=1S/C24H19Cl2N3O3/c25-17-6-10-19(11-7-17)28-23(31)21(22(30)27-15-14-16-4-2-1-3-5-16)24(32)29(28)20-12-8-18(26)9-13-20/h1-13,31H,14-15H2,(H,27,30). The second kappa shape index (κ2) is 9.34. The van der Waals surface area contributed by atoms with Gasteiger partial charge >= 0.3 is 0 Å². The molecule has 3 aromatic carbocycles. The lowest BCUT2D eigenvalue weighted by Gasteiger charge is -2.12. The van der Waals surface area contributed by atoms with Crippen LogP contribution in [-0.4, -0.2) is 26.9 Å². The molecular formula is C24H19Cl2N3O3. The molecule has 0 atom stereocenters. The van der Waals surface area contributed by atoms with Crippen LogP contribution in [0.1, 0.15) is 15.9 Å². The minimum atomic E-state index is -0.656. The van der Waals surface area contributed by atoms with E-state index in [-0.39, 0.29) is 5.56 Å². The molecule has 0 unspecified atom stereocenters. The lowest BCUT2D eigenvalue weighted by molar-refractivity contribution is 0.0950. The van der Waals surface area contributed by atoms with Gasteiger partial charge in [-0.25, -0.2) is 9.36 Å². The van der Waals surface area contributed by atoms with Gasteiger partial charge in [-0.3, -0.25) is 9.59 Å². The molecule has 0 fully saturated rings. The molecule has 32 heavy (non-hydrogen) atoms. The second-order valence-electron chi connectivity index (χ2n) is 7.07. The zero-order chi connectivity index (χ0) is 22.7. The Morgan fingerprint density at radius 2 is 1.34 bits per heavy atom. The normalized spacial score (nSPS) is 10.8. The second-order valence-corrected chi connectivity index (χ2v) is 7.94. The molecule has 6 nitrogen and oxygen atoms in total. The average molecular weight is 468 g/mol. The Hall–Kier alpha value is -3.48. The molecule has 0 aliphatic rings. The molecule has 4 aromatic rings. The Kier molecular flexibility index (Phi) is 6.35. The van der Waals surface area contributed by atoms with Gasteiger partial charge in [-0.15, -0.1) is 0 Å². The van der Waals surface area contributed by atoms with Crippen molar-refractivity contribution in [1.29, 1.82) is 0 Å².